The van der Waals surface area contributed by atoms with Crippen LogP contribution in [0.3, 0.4) is 0 Å². The van der Waals surface area contributed by atoms with Crippen molar-refractivity contribution < 1.29 is 9.90 Å². The van der Waals surface area contributed by atoms with Crippen molar-refractivity contribution in [3.8, 4) is 0 Å². The van der Waals surface area contributed by atoms with Crippen LogP contribution in [0, 0.1) is 59.2 Å². The number of nitrogens with two attached hydrogens (primary N) is 1. The summed E-state index contributed by atoms with van der Waals surface area (Å²) in [4.78, 5) is 50.0. The van der Waals surface area contributed by atoms with E-state index < -0.39 is 0 Å². The number of nitrogens with one attached hydrogen (secondary N) is 4. The van der Waals surface area contributed by atoms with Gasteiger partial charge in [0.25, 0.3) is 0 Å². The molecule has 7 aliphatic heterocycles. The van der Waals surface area contributed by atoms with Gasteiger partial charge in [-0.25, -0.2) is 0 Å². The molecule has 0 spiro atoms. The Kier molecular flexibility index (Phi) is 85.8. The summed E-state index contributed by atoms with van der Waals surface area (Å²) in [5.74, 6) is 8.25. The van der Waals surface area contributed by atoms with Gasteiger partial charge in [0, 0.05) is 130 Å². The summed E-state index contributed by atoms with van der Waals surface area (Å²) >= 11 is 0. The molecule has 136 heavy (non-hydrogen) atoms. The Morgan fingerprint density at radius 3 is 0.779 bits per heavy atom. The van der Waals surface area contributed by atoms with Crippen LogP contribution < -0.4 is 27.0 Å². The highest BCUT2D eigenvalue weighted by atomic mass is 16.3. The Hall–Kier alpha value is -1.25. The molecule has 822 valence electrons. The van der Waals surface area contributed by atoms with Crippen molar-refractivity contribution in [3.63, 3.8) is 0 Å². The van der Waals surface area contributed by atoms with Crippen LogP contribution in [0.4, 0.5) is 0 Å². The smallest absolute Gasteiger partial charge is 0.116 e. The molecule has 0 radical (unpaired) electrons. The Morgan fingerprint density at radius 1 is 0.316 bits per heavy atom. The number of piperidine rings is 7. The third kappa shape index (κ3) is 66.8. The van der Waals surface area contributed by atoms with Gasteiger partial charge in [-0.15, -0.1) is 0 Å². The third-order valence-electron chi connectivity index (χ3n) is 34.5. The largest absolute Gasteiger partial charge is 0.396 e. The minimum absolute atomic E-state index is 0.366. The highest BCUT2D eigenvalue weighted by Crippen LogP contribution is 2.26. The maximum atomic E-state index is 8.81. The number of nitrogens with zero attached hydrogens (tertiary/aromatic N) is 17. The second-order valence-electron chi connectivity index (χ2n) is 46.2. The molecule has 0 amide bonds. The molecule has 24 nitrogen and oxygen atoms in total. The lowest BCUT2D eigenvalue weighted by atomic mass is 9.95. The van der Waals surface area contributed by atoms with Crippen molar-refractivity contribution in [2.75, 3.05) is 313 Å². The number of aliphatic hydroxyl groups excluding tert-OH is 1. The van der Waals surface area contributed by atoms with Crippen molar-refractivity contribution in [3.05, 3.63) is 0 Å². The number of hydrogen-bond acceptors (Lipinski definition) is 24. The molecule has 7 saturated heterocycles. The van der Waals surface area contributed by atoms with Crippen LogP contribution in [0.15, 0.2) is 0 Å². The standard InChI is InChI=1S/C15H33N3.2C14H31N3.3C13H29N3.C8H19N.C7H15NO.C7H17N.C6H15N.C2H4O/c1-7-18(14(3)13(2)16(4)5)12-15-8-10-17(6)11-9-15;2*1-12(15(3)4)13(2)17(6)11-14-7-9-16(5)10-8-14;1-11(12(2)15(3)4)14-10-13-6-8-16(5)9-7-13;1-11(15(3)4)12(2)16(5)10-13-6-8-14-9-7-13;1-11(14-3)12(2)16(5)10-13-6-8-15(4)9-7-13;1-6-7(2)8(3)9(4)5;1-8-4-2-7(6-9)3-5-8;1-5-6(2)7(3)8-4;1-4-5(2)6(3)7;1-2-3/h13-15H,7-12H2,1-6H3;2*12-14H,7-11H2,1-6H3;3*11-14H,6-10H2,1-5H3;7-8H,6H2,1-5H3;7,9H,2-6H2,1H3;6-8H,5H2,1-4H3;5-6H,4,7H2,1-3H3;2H,1H3. The van der Waals surface area contributed by atoms with Crippen LogP contribution >= 0.6 is 0 Å². The number of hydrogen-bond donors (Lipinski definition) is 6. The predicted molar refractivity (Wildman–Crippen MR) is 606 cm³/mol. The number of aliphatic hydroxyl groups is 1. The highest BCUT2D eigenvalue weighted by Gasteiger charge is 2.31. The van der Waals surface area contributed by atoms with Crippen molar-refractivity contribution in [2.24, 2.45) is 64.9 Å². The van der Waals surface area contributed by atoms with Crippen LogP contribution in [0.2, 0.25) is 0 Å². The lowest BCUT2D eigenvalue weighted by molar-refractivity contribution is -0.106. The van der Waals surface area contributed by atoms with Crippen molar-refractivity contribution in [1.82, 2.24) is 105 Å². The zero-order valence-corrected chi connectivity index (χ0v) is 101. The molecule has 0 aromatic heterocycles. The molecule has 7 N–H and O–H groups in total. The van der Waals surface area contributed by atoms with Gasteiger partial charge in [-0.2, -0.15) is 0 Å². The van der Waals surface area contributed by atoms with Gasteiger partial charge in [-0.1, -0.05) is 67.7 Å². The minimum Gasteiger partial charge on any atom is -0.396 e. The molecule has 18 atom stereocenters. The van der Waals surface area contributed by atoms with Gasteiger partial charge >= 0.3 is 0 Å². The summed E-state index contributed by atoms with van der Waals surface area (Å²) in [5, 5.41) is 22.4. The van der Waals surface area contributed by atoms with Gasteiger partial charge in [0.15, 0.2) is 0 Å². The first-order valence-corrected chi connectivity index (χ1v) is 55.8. The van der Waals surface area contributed by atoms with Crippen molar-refractivity contribution in [1.29, 1.82) is 0 Å². The second kappa shape index (κ2) is 82.8. The quantitative estimate of drug-likeness (QED) is 0.0321. The molecule has 18 unspecified atom stereocenters. The Balaban J connectivity index is -0.000000718. The van der Waals surface area contributed by atoms with E-state index in [1.165, 1.54) is 240 Å². The third-order valence-corrected chi connectivity index (χ3v) is 34.5. The topological polar surface area (TPSA) is 167 Å². The molecule has 0 aromatic carbocycles. The SMILES string of the molecule is CC(C(C)N(C)CC1CCN(C)CC1)N(C)C.CC(C(C)N(C)CC1CCN(C)CC1)N(C)C.CC(C(C)N(C)CC1CCNCC1)N(C)C.CC(NCC1CCN(C)CC1)C(C)N(C)C.CC=O.CCC(C)C(C)N.CCC(C)C(C)N(C)C.CCC(C)C(C)NC.CCN(CC1CCN(C)CC1)C(C)C(C)N(C)C.CN1CCC(CO)CC1.CNC(C)C(C)N(C)CC1CCN(C)CC1. The van der Waals surface area contributed by atoms with Crippen LogP contribution in [0.1, 0.15) is 268 Å². The maximum Gasteiger partial charge on any atom is 0.116 e. The zero-order chi connectivity index (χ0) is 105. The molecule has 0 saturated carbocycles. The van der Waals surface area contributed by atoms with E-state index in [0.29, 0.717) is 103 Å². The van der Waals surface area contributed by atoms with Crippen molar-refractivity contribution >= 4 is 6.29 Å². The molecule has 24 heteroatoms. The van der Waals surface area contributed by atoms with Gasteiger partial charge in [0.2, 0.25) is 0 Å². The van der Waals surface area contributed by atoms with E-state index in [0.717, 1.165) is 72.8 Å². The number of rotatable bonds is 40. The first kappa shape index (κ1) is 141. The number of aldehydes is 1. The van der Waals surface area contributed by atoms with Crippen LogP contribution in [0.25, 0.3) is 0 Å². The lowest BCUT2D eigenvalue weighted by Crippen LogP contribution is -2.48. The molecular formula is C112H252N22O2. The van der Waals surface area contributed by atoms with Crippen LogP contribution in [-0.4, -0.2) is 499 Å². The summed E-state index contributed by atoms with van der Waals surface area (Å²) in [6.45, 7) is 78.0. The molecular weight excluding hydrogens is 1690 g/mol. The minimum atomic E-state index is 0.366. The number of likely N-dealkylation sites (tertiary alicyclic amines) is 6. The molecule has 7 aliphatic rings. The average molecular weight is 1940 g/mol. The van der Waals surface area contributed by atoms with Crippen molar-refractivity contribution in [2.45, 2.75) is 359 Å². The average Bonchev–Trinajstić information content (AvgIpc) is 0.896. The molecule has 7 fully saturated rings. The molecule has 0 bridgehead atoms. The van der Waals surface area contributed by atoms with Gasteiger partial charge < -0.3 is 115 Å². The summed E-state index contributed by atoms with van der Waals surface area (Å²) in [6, 6.07) is 9.12. The number of carbonyl (C=O) groups excluding carboxylic acids is 1. The monoisotopic (exact) mass is 1940 g/mol. The van der Waals surface area contributed by atoms with E-state index in [1.807, 2.05) is 21.0 Å². The van der Waals surface area contributed by atoms with Gasteiger partial charge in [0.05, 0.1) is 0 Å². The van der Waals surface area contributed by atoms with Crippen LogP contribution in [0.5, 0.6) is 0 Å². The highest BCUT2D eigenvalue weighted by molar-refractivity contribution is 5.44. The number of likely N-dealkylation sites (N-methyl/N-ethyl adjacent to an activating group) is 11. The first-order chi connectivity index (χ1) is 63.6. The van der Waals surface area contributed by atoms with E-state index >= 15 is 0 Å². The van der Waals surface area contributed by atoms with E-state index in [1.54, 1.807) is 0 Å². The summed E-state index contributed by atoms with van der Waals surface area (Å²) in [7, 11) is 52.4. The molecule has 7 heterocycles. The fourth-order valence-corrected chi connectivity index (χ4v) is 18.4. The zero-order valence-electron chi connectivity index (χ0n) is 101. The Labute approximate surface area is 853 Å². The van der Waals surface area contributed by atoms with Gasteiger partial charge in [-0.3, -0.25) is 4.90 Å². The predicted octanol–water partition coefficient (Wildman–Crippen LogP) is 14.5. The summed E-state index contributed by atoms with van der Waals surface area (Å²) in [6.07, 6.45) is 23.1. The lowest BCUT2D eigenvalue weighted by Gasteiger charge is -2.39. The Bertz CT molecular complexity index is 2530. The van der Waals surface area contributed by atoms with Gasteiger partial charge in [-0.05, 0) is 534 Å². The molecule has 7 rings (SSSR count). The van der Waals surface area contributed by atoms with Gasteiger partial charge in [0.1, 0.15) is 6.29 Å². The second-order valence-corrected chi connectivity index (χ2v) is 46.2. The fraction of sp³-hybridized carbons (Fsp3) is 0.991. The van der Waals surface area contributed by atoms with E-state index in [2.05, 4.69) is 405 Å². The van der Waals surface area contributed by atoms with E-state index in [4.69, 9.17) is 15.6 Å². The fourth-order valence-electron chi connectivity index (χ4n) is 18.4. The molecule has 0 aromatic rings. The number of carbonyl (C=O) groups is 1. The Morgan fingerprint density at radius 2 is 0.559 bits per heavy atom. The normalized spacial score (nSPS) is 22.0. The molecule has 0 aliphatic carbocycles. The maximum absolute atomic E-state index is 8.81. The first-order valence-electron chi connectivity index (χ1n) is 55.8. The summed E-state index contributed by atoms with van der Waals surface area (Å²) < 4.78 is 0. The van der Waals surface area contributed by atoms with E-state index in [9.17, 15) is 0 Å². The summed E-state index contributed by atoms with van der Waals surface area (Å²) in [5.41, 5.74) is 5.55. The van der Waals surface area contributed by atoms with E-state index in [-0.39, 0.29) is 0 Å². The van der Waals surface area contributed by atoms with Crippen LogP contribution in [-0.2, 0) is 4.79 Å².